The van der Waals surface area contributed by atoms with Gasteiger partial charge in [0.25, 0.3) is 5.91 Å². The van der Waals surface area contributed by atoms with Crippen LogP contribution in [0.25, 0.3) is 10.9 Å². The molecule has 3 amide bonds. The van der Waals surface area contributed by atoms with Crippen molar-refractivity contribution in [1.29, 1.82) is 0 Å². The number of fused-ring (bicyclic) bond motifs is 2. The number of aromatic nitrogens is 1. The molecule has 0 bridgehead atoms. The highest BCUT2D eigenvalue weighted by molar-refractivity contribution is 6.07. The number of nitrogens with one attached hydrogen (secondary N) is 3. The molecule has 2 fully saturated rings. The fourth-order valence-corrected chi connectivity index (χ4v) is 5.59. The third-order valence-corrected chi connectivity index (χ3v) is 7.64. The highest BCUT2D eigenvalue weighted by atomic mass is 16.2. The molecule has 8 nitrogen and oxygen atoms in total. The molecule has 184 valence electrons. The quantitative estimate of drug-likeness (QED) is 0.581. The number of nitrogens with zero attached hydrogens (tertiary/aromatic N) is 2. The number of carbonyl (C=O) groups excluding carboxylic acids is 3. The van der Waals surface area contributed by atoms with E-state index in [-0.39, 0.29) is 41.8 Å². The highest BCUT2D eigenvalue weighted by Gasteiger charge is 2.48. The van der Waals surface area contributed by atoms with Gasteiger partial charge in [-0.25, -0.2) is 0 Å². The predicted octanol–water partition coefficient (Wildman–Crippen LogP) is 2.04. The first-order valence-electron chi connectivity index (χ1n) is 12.4. The third-order valence-electron chi connectivity index (χ3n) is 7.64. The van der Waals surface area contributed by atoms with Gasteiger partial charge in [-0.05, 0) is 51.1 Å². The number of amides is 3. The van der Waals surface area contributed by atoms with Gasteiger partial charge in [0, 0.05) is 36.7 Å². The van der Waals surface area contributed by atoms with Gasteiger partial charge in [-0.2, -0.15) is 0 Å². The molecule has 2 heterocycles. The summed E-state index contributed by atoms with van der Waals surface area (Å²) in [4.78, 5) is 41.4. The van der Waals surface area contributed by atoms with Crippen molar-refractivity contribution in [3.8, 4) is 0 Å². The van der Waals surface area contributed by atoms with E-state index in [0.29, 0.717) is 18.0 Å². The molecule has 1 saturated heterocycles. The van der Waals surface area contributed by atoms with Crippen molar-refractivity contribution in [3.63, 3.8) is 0 Å². The Hall–Kier alpha value is -2.87. The lowest BCUT2D eigenvalue weighted by Gasteiger charge is -2.34. The lowest BCUT2D eigenvalue weighted by Crippen LogP contribution is -2.58. The van der Waals surface area contributed by atoms with Crippen LogP contribution in [0.2, 0.25) is 0 Å². The van der Waals surface area contributed by atoms with E-state index < -0.39 is 6.04 Å². The second-order valence-corrected chi connectivity index (χ2v) is 10.1. The van der Waals surface area contributed by atoms with Crippen LogP contribution in [0.1, 0.15) is 50.4 Å². The SMILES string of the molecule is CN[C@@H](C)C(=O)N[C@H](C(=O)N1CCC2CCC(NC(=O)c3cn(C)c4ccccc34)C21)C(C)C. The number of para-hydroxylation sites is 1. The monoisotopic (exact) mass is 467 g/mol. The molecular weight excluding hydrogens is 430 g/mol. The van der Waals surface area contributed by atoms with E-state index in [2.05, 4.69) is 16.0 Å². The van der Waals surface area contributed by atoms with Crippen LogP contribution in [-0.4, -0.2) is 64.9 Å². The summed E-state index contributed by atoms with van der Waals surface area (Å²) in [5, 5.41) is 10.1. The zero-order valence-electron chi connectivity index (χ0n) is 20.8. The lowest BCUT2D eigenvalue weighted by atomic mass is 9.99. The van der Waals surface area contributed by atoms with Crippen molar-refractivity contribution in [1.82, 2.24) is 25.4 Å². The normalized spacial score (nSPS) is 23.7. The molecule has 0 radical (unpaired) electrons. The van der Waals surface area contributed by atoms with E-state index in [9.17, 15) is 14.4 Å². The average molecular weight is 468 g/mol. The number of hydrogen-bond acceptors (Lipinski definition) is 4. The molecule has 1 aliphatic carbocycles. The number of carbonyl (C=O) groups is 3. The van der Waals surface area contributed by atoms with Crippen LogP contribution in [0.4, 0.5) is 0 Å². The molecule has 3 N–H and O–H groups in total. The van der Waals surface area contributed by atoms with Gasteiger partial charge < -0.3 is 25.4 Å². The minimum Gasteiger partial charge on any atom is -0.350 e. The molecule has 8 heteroatoms. The summed E-state index contributed by atoms with van der Waals surface area (Å²) in [5.74, 6) is 0.00694. The summed E-state index contributed by atoms with van der Waals surface area (Å²) in [6.45, 7) is 6.35. The van der Waals surface area contributed by atoms with E-state index in [1.807, 2.05) is 60.8 Å². The molecule has 1 aromatic heterocycles. The van der Waals surface area contributed by atoms with Crippen LogP contribution in [0.5, 0.6) is 0 Å². The first-order valence-corrected chi connectivity index (χ1v) is 12.4. The van der Waals surface area contributed by atoms with Crippen molar-refractivity contribution in [2.75, 3.05) is 13.6 Å². The van der Waals surface area contributed by atoms with Gasteiger partial charge in [0.15, 0.2) is 0 Å². The Labute approximate surface area is 201 Å². The number of hydrogen-bond donors (Lipinski definition) is 3. The maximum absolute atomic E-state index is 13.6. The molecule has 0 spiro atoms. The Morgan fingerprint density at radius 3 is 2.50 bits per heavy atom. The summed E-state index contributed by atoms with van der Waals surface area (Å²) in [7, 11) is 3.67. The van der Waals surface area contributed by atoms with Crippen molar-refractivity contribution in [2.24, 2.45) is 18.9 Å². The molecule has 1 aliphatic heterocycles. The minimum absolute atomic E-state index is 0.0358. The maximum Gasteiger partial charge on any atom is 0.253 e. The molecule has 34 heavy (non-hydrogen) atoms. The van der Waals surface area contributed by atoms with Crippen LogP contribution in [-0.2, 0) is 16.6 Å². The van der Waals surface area contributed by atoms with Crippen LogP contribution in [0.3, 0.4) is 0 Å². The zero-order chi connectivity index (χ0) is 24.6. The first kappa shape index (κ1) is 24.3. The number of benzene rings is 1. The van der Waals surface area contributed by atoms with Crippen molar-refractivity contribution in [3.05, 3.63) is 36.0 Å². The summed E-state index contributed by atoms with van der Waals surface area (Å²) in [5.41, 5.74) is 1.67. The van der Waals surface area contributed by atoms with Crippen LogP contribution >= 0.6 is 0 Å². The van der Waals surface area contributed by atoms with Crippen molar-refractivity contribution >= 4 is 28.6 Å². The summed E-state index contributed by atoms with van der Waals surface area (Å²) < 4.78 is 1.97. The Bertz CT molecular complexity index is 1080. The fraction of sp³-hybridized carbons (Fsp3) is 0.577. The van der Waals surface area contributed by atoms with Gasteiger partial charge in [-0.3, -0.25) is 14.4 Å². The molecule has 1 aromatic carbocycles. The van der Waals surface area contributed by atoms with Gasteiger partial charge in [0.05, 0.1) is 17.6 Å². The summed E-state index contributed by atoms with van der Waals surface area (Å²) >= 11 is 0. The maximum atomic E-state index is 13.6. The molecule has 5 atom stereocenters. The van der Waals surface area contributed by atoms with Crippen LogP contribution < -0.4 is 16.0 Å². The van der Waals surface area contributed by atoms with Crippen molar-refractivity contribution in [2.45, 2.75) is 64.2 Å². The lowest BCUT2D eigenvalue weighted by molar-refractivity contribution is -0.139. The second kappa shape index (κ2) is 9.78. The smallest absolute Gasteiger partial charge is 0.253 e. The molecule has 2 aliphatic rings. The number of likely N-dealkylation sites (N-methyl/N-ethyl adjacent to an activating group) is 1. The fourth-order valence-electron chi connectivity index (χ4n) is 5.59. The zero-order valence-corrected chi connectivity index (χ0v) is 20.8. The summed E-state index contributed by atoms with van der Waals surface area (Å²) in [6, 6.07) is 6.79. The van der Waals surface area contributed by atoms with Gasteiger partial charge in [-0.1, -0.05) is 32.0 Å². The first-order chi connectivity index (χ1) is 16.2. The Kier molecular flexibility index (Phi) is 6.98. The van der Waals surface area contributed by atoms with Gasteiger partial charge in [0.2, 0.25) is 11.8 Å². The number of aryl methyl sites for hydroxylation is 1. The molecule has 4 rings (SSSR count). The van der Waals surface area contributed by atoms with E-state index in [0.717, 1.165) is 30.2 Å². The summed E-state index contributed by atoms with van der Waals surface area (Å²) in [6.07, 6.45) is 4.65. The van der Waals surface area contributed by atoms with Gasteiger partial charge in [0.1, 0.15) is 6.04 Å². The van der Waals surface area contributed by atoms with Gasteiger partial charge in [-0.15, -0.1) is 0 Å². The molecular formula is C26H37N5O3. The van der Waals surface area contributed by atoms with E-state index in [4.69, 9.17) is 0 Å². The number of likely N-dealkylation sites (tertiary alicyclic amines) is 1. The molecule has 2 aromatic rings. The van der Waals surface area contributed by atoms with Crippen molar-refractivity contribution < 1.29 is 14.4 Å². The molecule has 1 saturated carbocycles. The Balaban J connectivity index is 1.51. The van der Waals surface area contributed by atoms with Crippen LogP contribution in [0, 0.1) is 11.8 Å². The van der Waals surface area contributed by atoms with Gasteiger partial charge >= 0.3 is 0 Å². The Morgan fingerprint density at radius 1 is 1.06 bits per heavy atom. The number of rotatable bonds is 7. The van der Waals surface area contributed by atoms with E-state index in [1.54, 1.807) is 14.0 Å². The molecule has 3 unspecified atom stereocenters. The highest BCUT2D eigenvalue weighted by Crippen LogP contribution is 2.39. The van der Waals surface area contributed by atoms with E-state index in [1.165, 1.54) is 0 Å². The second-order valence-electron chi connectivity index (χ2n) is 10.1. The average Bonchev–Trinajstić information content (AvgIpc) is 3.51. The van der Waals surface area contributed by atoms with E-state index >= 15 is 0 Å². The minimum atomic E-state index is -0.586. The third kappa shape index (κ3) is 4.43. The predicted molar refractivity (Wildman–Crippen MR) is 132 cm³/mol. The Morgan fingerprint density at radius 2 is 1.79 bits per heavy atom. The topological polar surface area (TPSA) is 95.5 Å². The van der Waals surface area contributed by atoms with Crippen LogP contribution in [0.15, 0.2) is 30.5 Å². The largest absolute Gasteiger partial charge is 0.350 e. The standard InChI is InChI=1S/C26H37N5O3/c1-15(2)22(29-24(32)16(3)27-4)26(34)31-13-12-17-10-11-20(23(17)31)28-25(33)19-14-30(5)21-9-7-6-8-18(19)21/h6-9,14-17,20,22-23,27H,10-13H2,1-5H3,(H,28,33)(H,29,32)/t16-,17?,20?,22-,23?/m0/s1.